The molecule has 0 fully saturated rings. The van der Waals surface area contributed by atoms with Crippen molar-refractivity contribution in [1.29, 1.82) is 0 Å². The Hall–Kier alpha value is -1.73. The molecule has 4 N–H and O–H groups in total. The van der Waals surface area contributed by atoms with E-state index in [0.29, 0.717) is 32.7 Å². The predicted octanol–water partition coefficient (Wildman–Crippen LogP) is 11.9. The maximum atomic E-state index is 13.2. The van der Waals surface area contributed by atoms with E-state index in [2.05, 4.69) is 69.4 Å². The second-order valence-electron chi connectivity index (χ2n) is 14.8. The lowest BCUT2D eigenvalue weighted by atomic mass is 10.1. The van der Waals surface area contributed by atoms with Crippen LogP contribution in [0.2, 0.25) is 0 Å². The molecule has 0 aromatic heterocycles. The number of amides is 1. The average molecular weight is 730 g/mol. The summed E-state index contributed by atoms with van der Waals surface area (Å²) >= 11 is 0. The van der Waals surface area contributed by atoms with Crippen molar-refractivity contribution in [2.45, 2.75) is 200 Å². The van der Waals surface area contributed by atoms with E-state index in [-0.39, 0.29) is 12.0 Å². The zero-order chi connectivity index (χ0) is 38.0. The number of nitrogens with zero attached hydrogens (tertiary/aromatic N) is 1. The van der Waals surface area contributed by atoms with Gasteiger partial charge in [-0.2, -0.15) is 0 Å². The molecule has 2 atom stereocenters. The van der Waals surface area contributed by atoms with Gasteiger partial charge in [-0.25, -0.2) is 0 Å². The lowest BCUT2D eigenvalue weighted by Crippen LogP contribution is -2.48. The molecule has 0 heterocycles. The molecule has 0 spiro atoms. The molecule has 0 aliphatic rings. The lowest BCUT2D eigenvalue weighted by molar-refractivity contribution is -0.135. The van der Waals surface area contributed by atoms with Gasteiger partial charge >= 0.3 is 0 Å². The van der Waals surface area contributed by atoms with Crippen molar-refractivity contribution in [3.05, 3.63) is 48.6 Å². The van der Waals surface area contributed by atoms with Gasteiger partial charge in [-0.3, -0.25) is 4.79 Å². The van der Waals surface area contributed by atoms with Gasteiger partial charge < -0.3 is 25.8 Å². The summed E-state index contributed by atoms with van der Waals surface area (Å²) in [6.45, 7) is 10.2. The van der Waals surface area contributed by atoms with E-state index in [9.17, 15) is 4.79 Å². The van der Waals surface area contributed by atoms with Gasteiger partial charge in [0.25, 0.3) is 0 Å². The third-order valence-electron chi connectivity index (χ3n) is 9.57. The van der Waals surface area contributed by atoms with Gasteiger partial charge in [0, 0.05) is 26.3 Å². The van der Waals surface area contributed by atoms with Gasteiger partial charge in [-0.05, 0) is 103 Å². The summed E-state index contributed by atoms with van der Waals surface area (Å²) in [7, 11) is 0. The number of rotatable bonds is 40. The Morgan fingerprint density at radius 2 is 1.02 bits per heavy atom. The van der Waals surface area contributed by atoms with Crippen molar-refractivity contribution in [1.82, 2.24) is 4.90 Å². The van der Waals surface area contributed by atoms with Crippen molar-refractivity contribution < 1.29 is 14.3 Å². The van der Waals surface area contributed by atoms with E-state index in [1.54, 1.807) is 0 Å². The highest BCUT2D eigenvalue weighted by Crippen LogP contribution is 2.11. The summed E-state index contributed by atoms with van der Waals surface area (Å²) in [6, 6.07) is -0.518. The van der Waals surface area contributed by atoms with Crippen LogP contribution in [0.4, 0.5) is 0 Å². The van der Waals surface area contributed by atoms with E-state index in [0.717, 1.165) is 45.3 Å². The topological polar surface area (TPSA) is 90.8 Å². The van der Waals surface area contributed by atoms with E-state index < -0.39 is 6.04 Å². The van der Waals surface area contributed by atoms with Crippen LogP contribution >= 0.6 is 0 Å². The van der Waals surface area contributed by atoms with Gasteiger partial charge in [0.15, 0.2) is 0 Å². The van der Waals surface area contributed by atoms with E-state index in [1.165, 1.54) is 128 Å². The largest absolute Gasteiger partial charge is 0.380 e. The number of carbonyl (C=O) groups is 1. The van der Waals surface area contributed by atoms with Gasteiger partial charge in [-0.1, -0.05) is 140 Å². The molecule has 0 rings (SSSR count). The SMILES string of the molecule is CCCCC/C=C\C/C=C\CCCCCCCCOCCN(C[C@H](C)OCCCCCCCC/C=C\C/C=C\CCCCC)C(=O)[C@@H](N)CCCN. The van der Waals surface area contributed by atoms with E-state index >= 15 is 0 Å². The molecule has 6 heteroatoms. The Bertz CT molecular complexity index is 856. The molecule has 0 saturated carbocycles. The molecular formula is C46H87N3O3. The minimum absolute atomic E-state index is 0.0186. The number of allylic oxidation sites excluding steroid dienone is 8. The van der Waals surface area contributed by atoms with Crippen molar-refractivity contribution in [2.24, 2.45) is 11.5 Å². The summed E-state index contributed by atoms with van der Waals surface area (Å²) < 4.78 is 12.1. The van der Waals surface area contributed by atoms with Gasteiger partial charge in [-0.15, -0.1) is 0 Å². The fraction of sp³-hybridized carbons (Fsp3) is 0.804. The summed E-state index contributed by atoms with van der Waals surface area (Å²) in [5.41, 5.74) is 11.9. The number of hydrogen-bond acceptors (Lipinski definition) is 5. The number of unbranched alkanes of at least 4 members (excludes halogenated alkanes) is 18. The minimum Gasteiger partial charge on any atom is -0.380 e. The third kappa shape index (κ3) is 36.6. The number of hydrogen-bond donors (Lipinski definition) is 2. The summed E-state index contributed by atoms with van der Waals surface area (Å²) in [6.07, 6.45) is 49.6. The maximum Gasteiger partial charge on any atom is 0.239 e. The van der Waals surface area contributed by atoms with Crippen LogP contribution < -0.4 is 11.5 Å². The van der Waals surface area contributed by atoms with Crippen molar-refractivity contribution in [3.8, 4) is 0 Å². The Kier molecular flexibility index (Phi) is 40.6. The van der Waals surface area contributed by atoms with Crippen LogP contribution in [0.1, 0.15) is 188 Å². The highest BCUT2D eigenvalue weighted by Gasteiger charge is 2.22. The Balaban J connectivity index is 4.03. The standard InChI is InChI=1S/C46H87N3O3/c1-4-6-8-10-12-14-16-18-20-22-24-26-28-30-32-34-40-51-42-39-49(46(50)45(48)37-36-38-47)43-44(3)52-41-35-33-31-29-27-25-23-21-19-17-15-13-11-9-7-5-2/h12-15,18-21,44-45H,4-11,16-17,22-43,47-48H2,1-3H3/b14-12-,15-13-,20-18-,21-19-/t44-,45-/m0/s1. The summed E-state index contributed by atoms with van der Waals surface area (Å²) in [4.78, 5) is 15.0. The summed E-state index contributed by atoms with van der Waals surface area (Å²) in [5.74, 6) is -0.0186. The fourth-order valence-electron chi connectivity index (χ4n) is 6.19. The molecule has 52 heavy (non-hydrogen) atoms. The van der Waals surface area contributed by atoms with Crippen LogP contribution in [-0.4, -0.2) is 62.4 Å². The molecule has 0 saturated heterocycles. The first-order chi connectivity index (χ1) is 25.6. The lowest BCUT2D eigenvalue weighted by Gasteiger charge is -2.28. The van der Waals surface area contributed by atoms with Crippen LogP contribution in [0.5, 0.6) is 0 Å². The van der Waals surface area contributed by atoms with Crippen molar-refractivity contribution >= 4 is 5.91 Å². The van der Waals surface area contributed by atoms with Crippen LogP contribution in [0.15, 0.2) is 48.6 Å². The van der Waals surface area contributed by atoms with Crippen LogP contribution in [-0.2, 0) is 14.3 Å². The second-order valence-corrected chi connectivity index (χ2v) is 14.8. The number of nitrogens with two attached hydrogens (primary N) is 2. The second kappa shape index (κ2) is 42.0. The molecule has 0 aliphatic carbocycles. The normalized spacial score (nSPS) is 13.4. The van der Waals surface area contributed by atoms with Gasteiger partial charge in [0.1, 0.15) is 0 Å². The first-order valence-corrected chi connectivity index (χ1v) is 22.1. The van der Waals surface area contributed by atoms with Crippen molar-refractivity contribution in [2.75, 3.05) is 39.5 Å². The van der Waals surface area contributed by atoms with Gasteiger partial charge in [0.2, 0.25) is 5.91 Å². The van der Waals surface area contributed by atoms with Crippen LogP contribution in [0.25, 0.3) is 0 Å². The van der Waals surface area contributed by atoms with E-state index in [4.69, 9.17) is 20.9 Å². The monoisotopic (exact) mass is 730 g/mol. The number of carbonyl (C=O) groups excluding carboxylic acids is 1. The molecule has 0 aromatic rings. The Morgan fingerprint density at radius 3 is 1.50 bits per heavy atom. The highest BCUT2D eigenvalue weighted by atomic mass is 16.5. The van der Waals surface area contributed by atoms with Gasteiger partial charge in [0.05, 0.1) is 18.8 Å². The van der Waals surface area contributed by atoms with Crippen LogP contribution in [0, 0.1) is 0 Å². The Morgan fingerprint density at radius 1 is 0.577 bits per heavy atom. The molecule has 0 bridgehead atoms. The third-order valence-corrected chi connectivity index (χ3v) is 9.57. The first kappa shape index (κ1) is 50.3. The van der Waals surface area contributed by atoms with Crippen LogP contribution in [0.3, 0.4) is 0 Å². The van der Waals surface area contributed by atoms with E-state index in [1.807, 2.05) is 4.90 Å². The molecule has 6 nitrogen and oxygen atoms in total. The zero-order valence-electron chi connectivity index (χ0n) is 34.7. The minimum atomic E-state index is -0.518. The Labute approximate surface area is 323 Å². The fourth-order valence-corrected chi connectivity index (χ4v) is 6.19. The quantitative estimate of drug-likeness (QED) is 0.0484. The smallest absolute Gasteiger partial charge is 0.239 e. The molecule has 0 aliphatic heterocycles. The molecule has 304 valence electrons. The average Bonchev–Trinajstić information content (AvgIpc) is 3.15. The molecule has 0 aromatic carbocycles. The molecule has 1 amide bonds. The summed E-state index contributed by atoms with van der Waals surface area (Å²) in [5, 5.41) is 0. The highest BCUT2D eigenvalue weighted by molar-refractivity contribution is 5.81. The molecular weight excluding hydrogens is 643 g/mol. The number of ether oxygens (including phenoxy) is 2. The van der Waals surface area contributed by atoms with Crippen molar-refractivity contribution in [3.63, 3.8) is 0 Å². The zero-order valence-corrected chi connectivity index (χ0v) is 34.7. The first-order valence-electron chi connectivity index (χ1n) is 22.1. The maximum absolute atomic E-state index is 13.2. The predicted molar refractivity (Wildman–Crippen MR) is 228 cm³/mol. The molecule has 0 unspecified atom stereocenters. The molecule has 0 radical (unpaired) electrons.